The summed E-state index contributed by atoms with van der Waals surface area (Å²) in [5.41, 5.74) is 4.73. The maximum Gasteiger partial charge on any atom is 0.339 e. The quantitative estimate of drug-likeness (QED) is 0.517. The number of ether oxygens (including phenoxy) is 1. The van der Waals surface area contributed by atoms with Crippen molar-refractivity contribution in [3.8, 4) is 0 Å². The maximum atomic E-state index is 12.7. The summed E-state index contributed by atoms with van der Waals surface area (Å²) in [4.78, 5) is 29.6. The largest absolute Gasteiger partial charge is 0.456 e. The van der Waals surface area contributed by atoms with Gasteiger partial charge in [-0.1, -0.05) is 30.3 Å². The molecule has 0 aliphatic heterocycles. The summed E-state index contributed by atoms with van der Waals surface area (Å²) in [7, 11) is 0. The zero-order valence-corrected chi connectivity index (χ0v) is 15.4. The van der Waals surface area contributed by atoms with E-state index in [1.165, 1.54) is 27.0 Å². The molecule has 0 saturated heterocycles. The van der Waals surface area contributed by atoms with E-state index in [1.807, 2.05) is 43.3 Å². The molecule has 2 heterocycles. The minimum atomic E-state index is -0.401. The molecule has 28 heavy (non-hydrogen) atoms. The summed E-state index contributed by atoms with van der Waals surface area (Å²) >= 11 is 0. The Labute approximate surface area is 161 Å². The van der Waals surface area contributed by atoms with E-state index in [0.29, 0.717) is 16.9 Å². The van der Waals surface area contributed by atoms with Gasteiger partial charge in [0.05, 0.1) is 11.3 Å². The second-order valence-corrected chi connectivity index (χ2v) is 7.13. The number of esters is 1. The highest BCUT2D eigenvalue weighted by molar-refractivity contribution is 6.07. The van der Waals surface area contributed by atoms with Gasteiger partial charge in [0.1, 0.15) is 12.3 Å². The summed E-state index contributed by atoms with van der Waals surface area (Å²) in [6, 6.07) is 16.8. The van der Waals surface area contributed by atoms with Crippen LogP contribution in [0, 0.1) is 6.92 Å². The summed E-state index contributed by atoms with van der Waals surface area (Å²) in [5.74, 6) is -0.401. The summed E-state index contributed by atoms with van der Waals surface area (Å²) < 4.78 is 7.04. The van der Waals surface area contributed by atoms with Crippen LogP contribution in [0.15, 0.2) is 59.4 Å². The number of hydrogen-bond donors (Lipinski definition) is 0. The molecule has 5 heteroatoms. The summed E-state index contributed by atoms with van der Waals surface area (Å²) in [5, 5.41) is 2.11. The highest BCUT2D eigenvalue weighted by Gasteiger charge is 2.19. The fourth-order valence-corrected chi connectivity index (χ4v) is 4.08. The predicted molar refractivity (Wildman–Crippen MR) is 107 cm³/mol. The molecule has 1 aliphatic carbocycles. The van der Waals surface area contributed by atoms with Crippen LogP contribution in [0.4, 0.5) is 0 Å². The van der Waals surface area contributed by atoms with Crippen molar-refractivity contribution in [2.45, 2.75) is 26.4 Å². The lowest BCUT2D eigenvalue weighted by Crippen LogP contribution is -2.18. The van der Waals surface area contributed by atoms with Gasteiger partial charge in [-0.3, -0.25) is 9.20 Å². The number of benzene rings is 2. The summed E-state index contributed by atoms with van der Waals surface area (Å²) in [6.45, 7) is 1.81. The van der Waals surface area contributed by atoms with Gasteiger partial charge in [-0.15, -0.1) is 0 Å². The van der Waals surface area contributed by atoms with Gasteiger partial charge in [0.25, 0.3) is 5.56 Å². The van der Waals surface area contributed by atoms with Crippen LogP contribution in [-0.4, -0.2) is 15.4 Å². The number of nitrogens with zero attached hydrogens (tertiary/aromatic N) is 2. The van der Waals surface area contributed by atoms with E-state index in [-0.39, 0.29) is 12.2 Å². The van der Waals surface area contributed by atoms with Gasteiger partial charge in [0, 0.05) is 11.8 Å². The van der Waals surface area contributed by atoms with Gasteiger partial charge in [0.2, 0.25) is 0 Å². The van der Waals surface area contributed by atoms with Crippen molar-refractivity contribution >= 4 is 22.4 Å². The third-order valence-electron chi connectivity index (χ3n) is 5.38. The molecule has 5 nitrogen and oxygen atoms in total. The van der Waals surface area contributed by atoms with Crippen molar-refractivity contribution in [3.63, 3.8) is 0 Å². The van der Waals surface area contributed by atoms with Crippen molar-refractivity contribution < 1.29 is 9.53 Å². The predicted octanol–water partition coefficient (Wildman–Crippen LogP) is 3.61. The van der Waals surface area contributed by atoms with Crippen LogP contribution in [0.1, 0.15) is 32.9 Å². The Morgan fingerprint density at radius 1 is 1.07 bits per heavy atom. The van der Waals surface area contributed by atoms with Gasteiger partial charge in [-0.25, -0.2) is 9.78 Å². The Bertz CT molecular complexity index is 1310. The zero-order chi connectivity index (χ0) is 19.3. The normalized spacial score (nSPS) is 12.6. The first-order chi connectivity index (χ1) is 13.6. The Hall–Kier alpha value is -3.47. The lowest BCUT2D eigenvalue weighted by Gasteiger charge is -2.10. The minimum Gasteiger partial charge on any atom is -0.456 e. The number of carbonyl (C=O) groups excluding carboxylic acids is 1. The number of carbonyl (C=O) groups is 1. The molecule has 2 aromatic carbocycles. The van der Waals surface area contributed by atoms with Crippen molar-refractivity contribution in [2.24, 2.45) is 0 Å². The smallest absolute Gasteiger partial charge is 0.339 e. The Morgan fingerprint density at radius 2 is 1.86 bits per heavy atom. The topological polar surface area (TPSA) is 60.7 Å². The Morgan fingerprint density at radius 3 is 2.71 bits per heavy atom. The van der Waals surface area contributed by atoms with E-state index in [2.05, 4.69) is 11.1 Å². The van der Waals surface area contributed by atoms with E-state index in [4.69, 9.17) is 4.74 Å². The van der Waals surface area contributed by atoms with Crippen molar-refractivity contribution in [2.75, 3.05) is 0 Å². The molecular weight excluding hydrogens is 352 g/mol. The molecule has 2 aromatic heterocycles. The second kappa shape index (κ2) is 6.30. The molecule has 0 atom stereocenters. The van der Waals surface area contributed by atoms with E-state index in [1.54, 1.807) is 6.07 Å². The third kappa shape index (κ3) is 2.59. The Kier molecular flexibility index (Phi) is 3.76. The van der Waals surface area contributed by atoms with Crippen LogP contribution in [0.3, 0.4) is 0 Å². The van der Waals surface area contributed by atoms with E-state index < -0.39 is 5.97 Å². The number of pyridine rings is 1. The second-order valence-electron chi connectivity index (χ2n) is 7.13. The minimum absolute atomic E-state index is 0.0402. The number of rotatable bonds is 3. The lowest BCUT2D eigenvalue weighted by atomic mass is 10.00. The number of hydrogen-bond acceptors (Lipinski definition) is 4. The van der Waals surface area contributed by atoms with Crippen LogP contribution in [-0.2, 0) is 24.2 Å². The average molecular weight is 370 g/mol. The molecule has 5 rings (SSSR count). The van der Waals surface area contributed by atoms with E-state index >= 15 is 0 Å². The van der Waals surface area contributed by atoms with Crippen molar-refractivity contribution in [3.05, 3.63) is 93.0 Å². The van der Waals surface area contributed by atoms with Gasteiger partial charge < -0.3 is 4.74 Å². The fourth-order valence-electron chi connectivity index (χ4n) is 4.08. The zero-order valence-electron chi connectivity index (χ0n) is 15.4. The first-order valence-electron chi connectivity index (χ1n) is 9.31. The maximum absolute atomic E-state index is 12.7. The third-order valence-corrected chi connectivity index (χ3v) is 5.38. The number of fused-ring (bicyclic) bond motifs is 1. The molecule has 0 saturated carbocycles. The van der Waals surface area contributed by atoms with Gasteiger partial charge in [-0.05, 0) is 59.9 Å². The summed E-state index contributed by atoms with van der Waals surface area (Å²) in [6.07, 6.45) is 2.02. The van der Waals surface area contributed by atoms with E-state index in [9.17, 15) is 9.59 Å². The molecule has 4 aromatic rings. The van der Waals surface area contributed by atoms with Crippen molar-refractivity contribution in [1.82, 2.24) is 9.38 Å². The number of aromatic nitrogens is 2. The molecule has 0 N–H and O–H groups in total. The van der Waals surface area contributed by atoms with Crippen LogP contribution < -0.4 is 5.56 Å². The Balaban J connectivity index is 1.46. The first-order valence-corrected chi connectivity index (χ1v) is 9.31. The van der Waals surface area contributed by atoms with Gasteiger partial charge >= 0.3 is 5.97 Å². The monoisotopic (exact) mass is 370 g/mol. The van der Waals surface area contributed by atoms with Crippen molar-refractivity contribution in [1.29, 1.82) is 0 Å². The molecule has 0 fully saturated rings. The molecule has 0 unspecified atom stereocenters. The lowest BCUT2D eigenvalue weighted by molar-refractivity contribution is 0.0470. The van der Waals surface area contributed by atoms with Gasteiger partial charge in [0.15, 0.2) is 0 Å². The molecule has 138 valence electrons. The van der Waals surface area contributed by atoms with Crippen LogP contribution in [0.2, 0.25) is 0 Å². The van der Waals surface area contributed by atoms with Gasteiger partial charge in [-0.2, -0.15) is 0 Å². The molecule has 0 amide bonds. The van der Waals surface area contributed by atoms with E-state index in [0.717, 1.165) is 23.9 Å². The SMILES string of the molecule is Cc1cccc2nc(COC(=O)c3ccc4c5c(cccc35)CC4)cc(=O)n12. The highest BCUT2D eigenvalue weighted by Crippen LogP contribution is 2.33. The van der Waals surface area contributed by atoms with Crippen LogP contribution >= 0.6 is 0 Å². The molecule has 0 radical (unpaired) electrons. The molecular formula is C23H18N2O3. The molecule has 0 spiro atoms. The number of aryl methyl sites for hydroxylation is 3. The van der Waals surface area contributed by atoms with Crippen LogP contribution in [0.25, 0.3) is 16.4 Å². The average Bonchev–Trinajstić information content (AvgIpc) is 3.11. The standard InChI is InChI=1S/C23H18N2O3/c1-14-4-2-7-20-24-17(12-21(26)25(14)20)13-28-23(27)19-11-10-16-9-8-15-5-3-6-18(19)22(15)16/h2-7,10-12H,8-9,13H2,1H3. The highest BCUT2D eigenvalue weighted by atomic mass is 16.5. The fraction of sp³-hybridized carbons (Fsp3) is 0.174. The van der Waals surface area contributed by atoms with Crippen LogP contribution in [0.5, 0.6) is 0 Å². The molecule has 1 aliphatic rings. The first kappa shape index (κ1) is 16.7. The molecule has 0 bridgehead atoms.